The summed E-state index contributed by atoms with van der Waals surface area (Å²) in [6, 6.07) is 25.9. The lowest BCUT2D eigenvalue weighted by Gasteiger charge is -2.15. The number of aliphatic hydroxyl groups is 2. The zero-order valence-corrected chi connectivity index (χ0v) is 14.6. The van der Waals surface area contributed by atoms with E-state index in [9.17, 15) is 4.57 Å². The van der Waals surface area contributed by atoms with E-state index in [0.717, 1.165) is 41.3 Å². The molecule has 4 heteroatoms. The Morgan fingerprint density at radius 3 is 1.42 bits per heavy atom. The van der Waals surface area contributed by atoms with Gasteiger partial charge in [-0.3, -0.25) is 0 Å². The largest absolute Gasteiger partial charge is 0.400 e. The quantitative estimate of drug-likeness (QED) is 0.524. The highest BCUT2D eigenvalue weighted by molar-refractivity contribution is 7.86. The van der Waals surface area contributed by atoms with E-state index in [0.29, 0.717) is 0 Å². The third kappa shape index (κ3) is 2.83. The first-order valence-corrected chi connectivity index (χ1v) is 9.27. The van der Waals surface area contributed by atoms with Crippen molar-refractivity contribution in [1.82, 2.24) is 0 Å². The van der Waals surface area contributed by atoms with Crippen molar-refractivity contribution in [2.75, 3.05) is 14.2 Å². The Kier molecular flexibility index (Phi) is 6.10. The van der Waals surface area contributed by atoms with Crippen molar-refractivity contribution >= 4 is 23.1 Å². The molecule has 0 atom stereocenters. The van der Waals surface area contributed by atoms with Crippen molar-refractivity contribution in [3.63, 3.8) is 0 Å². The highest BCUT2D eigenvalue weighted by Gasteiger charge is 2.39. The maximum atomic E-state index is 13.9. The normalized spacial score (nSPS) is 12.7. The van der Waals surface area contributed by atoms with Crippen molar-refractivity contribution in [2.24, 2.45) is 0 Å². The second-order valence-corrected chi connectivity index (χ2v) is 7.68. The fourth-order valence-electron chi connectivity index (χ4n) is 3.00. The van der Waals surface area contributed by atoms with E-state index in [4.69, 9.17) is 10.2 Å². The number of benzene rings is 3. The molecule has 0 radical (unpaired) electrons. The van der Waals surface area contributed by atoms with Crippen LogP contribution in [0.3, 0.4) is 0 Å². The van der Waals surface area contributed by atoms with Crippen LogP contribution in [0.2, 0.25) is 0 Å². The zero-order chi connectivity index (χ0) is 17.6. The third-order valence-corrected chi connectivity index (χ3v) is 7.06. The van der Waals surface area contributed by atoms with Crippen LogP contribution in [0.5, 0.6) is 0 Å². The standard InChI is InChI=1S/C18H13OP.2CH4O/c19-20(14-8-2-1-3-9-14)17-12-6-4-10-15(17)16-11-5-7-13-18(16)20;2*1-2/h1-13H;2*2H,1H3. The molecule has 3 aromatic rings. The summed E-state index contributed by atoms with van der Waals surface area (Å²) in [5.41, 5.74) is 2.21. The van der Waals surface area contributed by atoms with E-state index in [-0.39, 0.29) is 0 Å². The highest BCUT2D eigenvalue weighted by Crippen LogP contribution is 2.51. The van der Waals surface area contributed by atoms with Gasteiger partial charge in [-0.2, -0.15) is 0 Å². The summed E-state index contributed by atoms with van der Waals surface area (Å²) in [6.45, 7) is 0. The number of hydrogen-bond donors (Lipinski definition) is 2. The molecule has 1 heterocycles. The predicted molar refractivity (Wildman–Crippen MR) is 101 cm³/mol. The first-order valence-electron chi connectivity index (χ1n) is 7.56. The first-order chi connectivity index (χ1) is 11.8. The molecule has 1 aliphatic rings. The van der Waals surface area contributed by atoms with E-state index in [1.165, 1.54) is 0 Å². The molecular weight excluding hydrogens is 319 g/mol. The van der Waals surface area contributed by atoms with Crippen LogP contribution >= 0.6 is 7.14 Å². The molecule has 0 fully saturated rings. The summed E-state index contributed by atoms with van der Waals surface area (Å²) in [4.78, 5) is 0. The Hall–Kier alpha value is -2.19. The maximum Gasteiger partial charge on any atom is 0.172 e. The van der Waals surface area contributed by atoms with E-state index >= 15 is 0 Å². The molecule has 124 valence electrons. The van der Waals surface area contributed by atoms with Crippen molar-refractivity contribution in [3.8, 4) is 11.1 Å². The Labute approximate surface area is 142 Å². The summed E-state index contributed by atoms with van der Waals surface area (Å²) in [5, 5.41) is 16.8. The molecule has 3 nitrogen and oxygen atoms in total. The van der Waals surface area contributed by atoms with Gasteiger partial charge in [0.25, 0.3) is 0 Å². The smallest absolute Gasteiger partial charge is 0.172 e. The number of fused-ring (bicyclic) bond motifs is 3. The number of hydrogen-bond acceptors (Lipinski definition) is 3. The number of rotatable bonds is 1. The van der Waals surface area contributed by atoms with E-state index in [2.05, 4.69) is 12.1 Å². The van der Waals surface area contributed by atoms with Crippen molar-refractivity contribution in [3.05, 3.63) is 78.9 Å². The predicted octanol–water partition coefficient (Wildman–Crippen LogP) is 2.52. The van der Waals surface area contributed by atoms with Gasteiger partial charge in [-0.25, -0.2) is 0 Å². The monoisotopic (exact) mass is 340 g/mol. The second-order valence-electron chi connectivity index (χ2n) is 4.98. The van der Waals surface area contributed by atoms with Gasteiger partial charge in [0.05, 0.1) is 0 Å². The molecular formula is C20H21O3P. The Bertz CT molecular complexity index is 795. The van der Waals surface area contributed by atoms with E-state index < -0.39 is 7.14 Å². The molecule has 0 saturated heterocycles. The first kappa shape index (κ1) is 18.2. The Morgan fingerprint density at radius 1 is 0.583 bits per heavy atom. The Balaban J connectivity index is 0.000000487. The minimum absolute atomic E-state index is 0.914. The minimum Gasteiger partial charge on any atom is -0.400 e. The second kappa shape index (κ2) is 8.07. The van der Waals surface area contributed by atoms with E-state index in [1.54, 1.807) is 0 Å². The van der Waals surface area contributed by atoms with E-state index in [1.807, 2.05) is 66.7 Å². The van der Waals surface area contributed by atoms with Crippen LogP contribution < -0.4 is 15.9 Å². The molecule has 3 aromatic carbocycles. The van der Waals surface area contributed by atoms with Gasteiger partial charge in [-0.15, -0.1) is 0 Å². The van der Waals surface area contributed by atoms with Crippen LogP contribution in [-0.4, -0.2) is 24.4 Å². The highest BCUT2D eigenvalue weighted by atomic mass is 31.2. The summed E-state index contributed by atoms with van der Waals surface area (Å²) in [5.74, 6) is 0. The topological polar surface area (TPSA) is 57.5 Å². The lowest BCUT2D eigenvalue weighted by molar-refractivity contribution is 0.399. The molecule has 2 N–H and O–H groups in total. The summed E-state index contributed by atoms with van der Waals surface area (Å²) >= 11 is 0. The zero-order valence-electron chi connectivity index (χ0n) is 13.8. The van der Waals surface area contributed by atoms with Crippen molar-refractivity contribution < 1.29 is 14.8 Å². The summed E-state index contributed by atoms with van der Waals surface area (Å²) < 4.78 is 13.9. The summed E-state index contributed by atoms with van der Waals surface area (Å²) in [7, 11) is -0.702. The van der Waals surface area contributed by atoms with Crippen molar-refractivity contribution in [1.29, 1.82) is 0 Å². The molecule has 0 unspecified atom stereocenters. The van der Waals surface area contributed by atoms with Crippen molar-refractivity contribution in [2.45, 2.75) is 0 Å². The fourth-order valence-corrected chi connectivity index (χ4v) is 6.07. The molecule has 0 saturated carbocycles. The fraction of sp³-hybridized carbons (Fsp3) is 0.100. The molecule has 0 aromatic heterocycles. The SMILES string of the molecule is CO.CO.O=P1(c2ccccc2)c2ccccc2-c2ccccc21. The summed E-state index contributed by atoms with van der Waals surface area (Å²) in [6.07, 6.45) is 0. The average Bonchev–Trinajstić information content (AvgIpc) is 2.97. The molecule has 0 amide bonds. The third-order valence-electron chi connectivity index (χ3n) is 3.90. The van der Waals surface area contributed by atoms with Gasteiger partial charge in [0.2, 0.25) is 0 Å². The van der Waals surface area contributed by atoms with Crippen LogP contribution in [0.4, 0.5) is 0 Å². The van der Waals surface area contributed by atoms with Gasteiger partial charge in [0.1, 0.15) is 0 Å². The molecule has 4 rings (SSSR count). The van der Waals surface area contributed by atoms with Crippen LogP contribution in [0.15, 0.2) is 78.9 Å². The molecule has 24 heavy (non-hydrogen) atoms. The van der Waals surface area contributed by atoms with Gasteiger partial charge in [0.15, 0.2) is 7.14 Å². The Morgan fingerprint density at radius 2 is 0.958 bits per heavy atom. The van der Waals surface area contributed by atoms with Gasteiger partial charge >= 0.3 is 0 Å². The van der Waals surface area contributed by atoms with Gasteiger partial charge < -0.3 is 14.8 Å². The lowest BCUT2D eigenvalue weighted by atomic mass is 10.1. The molecule has 0 bridgehead atoms. The average molecular weight is 340 g/mol. The molecule has 0 spiro atoms. The maximum absolute atomic E-state index is 13.9. The number of aliphatic hydroxyl groups excluding tert-OH is 2. The molecule has 0 aliphatic carbocycles. The van der Waals surface area contributed by atoms with Gasteiger partial charge in [-0.1, -0.05) is 78.9 Å². The van der Waals surface area contributed by atoms with Crippen LogP contribution in [0, 0.1) is 0 Å². The van der Waals surface area contributed by atoms with Gasteiger partial charge in [0, 0.05) is 30.1 Å². The molecule has 1 aliphatic heterocycles. The minimum atomic E-state index is -2.70. The van der Waals surface area contributed by atoms with Crippen LogP contribution in [0.25, 0.3) is 11.1 Å². The van der Waals surface area contributed by atoms with Gasteiger partial charge in [-0.05, 0) is 11.1 Å². The lowest BCUT2D eigenvalue weighted by Crippen LogP contribution is -2.20. The van der Waals surface area contributed by atoms with Crippen LogP contribution in [-0.2, 0) is 4.57 Å². The van der Waals surface area contributed by atoms with Crippen LogP contribution in [0.1, 0.15) is 0 Å².